The lowest BCUT2D eigenvalue weighted by atomic mass is 10.1. The van der Waals surface area contributed by atoms with Gasteiger partial charge in [0.15, 0.2) is 11.6 Å². The van der Waals surface area contributed by atoms with Crippen molar-refractivity contribution in [1.29, 1.82) is 0 Å². The van der Waals surface area contributed by atoms with Gasteiger partial charge in [0.25, 0.3) is 11.8 Å². The number of hydrogen-bond donors (Lipinski definition) is 5. The molecule has 1 aromatic carbocycles. The molecular weight excluding hydrogens is 724 g/mol. The van der Waals surface area contributed by atoms with Crippen LogP contribution in [0.15, 0.2) is 64.8 Å². The Balaban J connectivity index is 0.000000224. The Kier molecular flexibility index (Phi) is 14.9. The number of thiophene rings is 1. The smallest absolute Gasteiger partial charge is 0.272 e. The van der Waals surface area contributed by atoms with Crippen LogP contribution in [0.1, 0.15) is 72.3 Å². The second-order valence-electron chi connectivity index (χ2n) is 11.0. The second kappa shape index (κ2) is 19.5. The summed E-state index contributed by atoms with van der Waals surface area (Å²) in [5, 5.41) is 17.8. The quantitative estimate of drug-likeness (QED) is 0.0773. The van der Waals surface area contributed by atoms with Crippen molar-refractivity contribution in [2.75, 3.05) is 33.7 Å². The molecule has 4 heterocycles. The normalized spacial score (nSPS) is 9.89. The zero-order valence-electron chi connectivity index (χ0n) is 29.8. The molecule has 282 valence electrons. The molecule has 18 nitrogen and oxygen atoms in total. The number of anilines is 5. The van der Waals surface area contributed by atoms with Crippen LogP contribution in [0, 0.1) is 0 Å². The molecule has 54 heavy (non-hydrogen) atoms. The maximum absolute atomic E-state index is 12.2. The lowest BCUT2D eigenvalue weighted by molar-refractivity contribution is -0.106. The number of rotatable bonds is 14. The number of ketones is 3. The van der Waals surface area contributed by atoms with E-state index in [1.165, 1.54) is 39.2 Å². The predicted octanol–water partition coefficient (Wildman–Crippen LogP) is 4.61. The van der Waals surface area contributed by atoms with Crippen molar-refractivity contribution in [3.05, 3.63) is 87.8 Å². The second-order valence-corrected chi connectivity index (χ2v) is 11.9. The first-order valence-electron chi connectivity index (χ1n) is 15.5. The summed E-state index contributed by atoms with van der Waals surface area (Å²) in [6.07, 6.45) is 4.84. The Morgan fingerprint density at radius 3 is 1.83 bits per heavy atom. The summed E-state index contributed by atoms with van der Waals surface area (Å²) in [6.45, 7) is 4.27. The van der Waals surface area contributed by atoms with Crippen LogP contribution in [-0.2, 0) is 28.5 Å². The lowest BCUT2D eigenvalue weighted by Crippen LogP contribution is -2.15. The maximum atomic E-state index is 12.2. The molecule has 4 aromatic heterocycles. The monoisotopic (exact) mass is 760 g/mol. The molecule has 0 unspecified atom stereocenters. The molecule has 19 heteroatoms. The molecule has 0 spiro atoms. The van der Waals surface area contributed by atoms with Gasteiger partial charge >= 0.3 is 0 Å². The average molecular weight is 761 g/mol. The Morgan fingerprint density at radius 1 is 0.704 bits per heavy atom. The molecule has 0 fully saturated rings. The van der Waals surface area contributed by atoms with E-state index >= 15 is 0 Å². The van der Waals surface area contributed by atoms with Gasteiger partial charge < -0.3 is 45.0 Å². The minimum Gasteiger partial charge on any atom is -0.489 e. The number of nitrogens with zero attached hydrogens (tertiary/aromatic N) is 3. The molecule has 0 aliphatic heterocycles. The largest absolute Gasteiger partial charge is 0.489 e. The highest BCUT2D eigenvalue weighted by Crippen LogP contribution is 2.28. The van der Waals surface area contributed by atoms with Gasteiger partial charge in [-0.1, -0.05) is 5.16 Å². The number of carbonyl (C=O) groups is 8. The summed E-state index contributed by atoms with van der Waals surface area (Å²) in [4.78, 5) is 88.9. The lowest BCUT2D eigenvalue weighted by Gasteiger charge is -2.06. The third-order valence-electron chi connectivity index (χ3n) is 7.05. The van der Waals surface area contributed by atoms with Crippen LogP contribution >= 0.6 is 11.3 Å². The first-order chi connectivity index (χ1) is 25.7. The van der Waals surface area contributed by atoms with Crippen molar-refractivity contribution in [2.24, 2.45) is 14.1 Å². The molecule has 0 radical (unpaired) electrons. The van der Waals surface area contributed by atoms with Crippen LogP contribution in [0.2, 0.25) is 0 Å². The van der Waals surface area contributed by atoms with Crippen molar-refractivity contribution < 1.29 is 47.6 Å². The van der Waals surface area contributed by atoms with Gasteiger partial charge in [0.2, 0.25) is 42.3 Å². The number of aromatic nitrogens is 3. The number of benzene rings is 1. The Hall–Kier alpha value is -7.15. The van der Waals surface area contributed by atoms with E-state index in [2.05, 4.69) is 36.3 Å². The average Bonchev–Trinajstić information content (AvgIpc) is 3.92. The summed E-state index contributed by atoms with van der Waals surface area (Å²) >= 11 is 1.23. The van der Waals surface area contributed by atoms with Gasteiger partial charge in [0.05, 0.1) is 34.7 Å². The van der Waals surface area contributed by atoms with E-state index in [9.17, 15) is 38.4 Å². The van der Waals surface area contributed by atoms with Gasteiger partial charge in [0, 0.05) is 57.0 Å². The standard InChI is InChI=1S/C15H15N3O3.C13H13N3O3S.C7H8N2O4/c1-10(20)11-3-5-12(6-4-11)17-15(21)14-7-13(16-9-19)8-18(14)2;1-8(18)11-3-9(5-16(11)2)15-13(19)12-4-10(6-20-12)14-7-17;1-4(11)5-6(12-2)7(8-3-10)9-13-5/h3-9H,1-2H3,(H,16,19)(H,17,21);3-7H,1-2H3,(H,14,17)(H,15,19);3H,1-2H3,(H,8,9,10). The van der Waals surface area contributed by atoms with Crippen LogP contribution < -0.4 is 31.3 Å². The molecule has 0 aliphatic rings. The molecule has 5 rings (SSSR count). The molecule has 5 aromatic rings. The van der Waals surface area contributed by atoms with E-state index in [-0.39, 0.29) is 46.5 Å². The topological polar surface area (TPSA) is 242 Å². The van der Waals surface area contributed by atoms with Crippen molar-refractivity contribution in [3.63, 3.8) is 0 Å². The number of amides is 5. The third-order valence-corrected chi connectivity index (χ3v) is 7.98. The molecular formula is C35H36N8O10S. The van der Waals surface area contributed by atoms with Crippen molar-refractivity contribution in [3.8, 4) is 5.75 Å². The number of Topliss-reactive ketones (excluding diaryl/α,β-unsaturated/α-hetero) is 3. The summed E-state index contributed by atoms with van der Waals surface area (Å²) in [7, 11) is 4.81. The fraction of sp³-hybridized carbons (Fsp3) is 0.171. The number of hydrogen-bond acceptors (Lipinski definition) is 12. The van der Waals surface area contributed by atoms with E-state index in [1.807, 2.05) is 0 Å². The van der Waals surface area contributed by atoms with Gasteiger partial charge in [-0.2, -0.15) is 0 Å². The summed E-state index contributed by atoms with van der Waals surface area (Å²) in [6, 6.07) is 11.4. The van der Waals surface area contributed by atoms with E-state index in [0.29, 0.717) is 63.8 Å². The summed E-state index contributed by atoms with van der Waals surface area (Å²) in [5.74, 6) is -0.763. The molecule has 5 amide bonds. The number of ether oxygens (including phenoxy) is 1. The Labute approximate surface area is 311 Å². The SMILES string of the molecule is CC(=O)c1cc(NC(=O)c2cc(NC=O)cs2)cn1C.CC(=O)c1ccc(NC(=O)c2cc(NC=O)cn2C)cc1.COc1c(NC=O)noc1C(C)=O. The molecule has 0 saturated carbocycles. The van der Waals surface area contributed by atoms with Crippen LogP contribution in [0.4, 0.5) is 28.6 Å². The van der Waals surface area contributed by atoms with Crippen LogP contribution in [0.5, 0.6) is 5.75 Å². The van der Waals surface area contributed by atoms with Crippen LogP contribution in [0.3, 0.4) is 0 Å². The van der Waals surface area contributed by atoms with Gasteiger partial charge in [-0.3, -0.25) is 38.4 Å². The van der Waals surface area contributed by atoms with E-state index in [1.54, 1.807) is 83.5 Å². The fourth-order valence-corrected chi connectivity index (χ4v) is 5.28. The minimum absolute atomic E-state index is 0.00755. The van der Waals surface area contributed by atoms with Crippen molar-refractivity contribution >= 4 is 88.3 Å². The predicted molar refractivity (Wildman–Crippen MR) is 200 cm³/mol. The first kappa shape index (κ1) is 41.3. The molecule has 5 N–H and O–H groups in total. The molecule has 0 bridgehead atoms. The molecule has 0 saturated heterocycles. The molecule has 0 aliphatic carbocycles. The number of nitrogens with one attached hydrogen (secondary N) is 5. The van der Waals surface area contributed by atoms with Crippen LogP contribution in [-0.4, -0.2) is 69.8 Å². The van der Waals surface area contributed by atoms with Crippen molar-refractivity contribution in [1.82, 2.24) is 14.3 Å². The molecule has 0 atom stereocenters. The van der Waals surface area contributed by atoms with Crippen LogP contribution in [0.25, 0.3) is 0 Å². The zero-order valence-corrected chi connectivity index (χ0v) is 30.7. The van der Waals surface area contributed by atoms with E-state index < -0.39 is 0 Å². The number of methoxy groups -OCH3 is 1. The maximum Gasteiger partial charge on any atom is 0.272 e. The fourth-order valence-electron chi connectivity index (χ4n) is 4.54. The van der Waals surface area contributed by atoms with Gasteiger partial charge in [-0.05, 0) is 49.4 Å². The minimum atomic E-state index is -0.316. The summed E-state index contributed by atoms with van der Waals surface area (Å²) in [5.41, 5.74) is 3.79. The summed E-state index contributed by atoms with van der Waals surface area (Å²) < 4.78 is 12.8. The number of aryl methyl sites for hydroxylation is 2. The van der Waals surface area contributed by atoms with E-state index in [0.717, 1.165) is 0 Å². The van der Waals surface area contributed by atoms with Gasteiger partial charge in [0.1, 0.15) is 5.69 Å². The highest BCUT2D eigenvalue weighted by Gasteiger charge is 2.20. The Bertz CT molecular complexity index is 2160. The first-order valence-corrected chi connectivity index (χ1v) is 16.4. The van der Waals surface area contributed by atoms with Gasteiger partial charge in [-0.15, -0.1) is 11.3 Å². The van der Waals surface area contributed by atoms with Crippen molar-refractivity contribution in [2.45, 2.75) is 20.8 Å². The Morgan fingerprint density at radius 2 is 1.28 bits per heavy atom. The highest BCUT2D eigenvalue weighted by molar-refractivity contribution is 7.12. The van der Waals surface area contributed by atoms with E-state index in [4.69, 9.17) is 4.74 Å². The highest BCUT2D eigenvalue weighted by atomic mass is 32.1. The zero-order chi connectivity index (χ0) is 39.9. The third kappa shape index (κ3) is 11.2. The van der Waals surface area contributed by atoms with Gasteiger partial charge in [-0.25, -0.2) is 0 Å². The number of carbonyl (C=O) groups excluding carboxylic acids is 8.